The van der Waals surface area contributed by atoms with Gasteiger partial charge in [0.25, 0.3) is 5.91 Å². The van der Waals surface area contributed by atoms with Crippen LogP contribution in [0.1, 0.15) is 41.9 Å². The molecule has 9 nitrogen and oxygen atoms in total. The molecule has 9 heteroatoms. The number of aromatic amines is 1. The molecule has 0 saturated carbocycles. The maximum Gasteiger partial charge on any atom is 0.255 e. The summed E-state index contributed by atoms with van der Waals surface area (Å²) in [7, 11) is 0. The molecule has 2 fully saturated rings. The molecule has 0 atom stereocenters. The summed E-state index contributed by atoms with van der Waals surface area (Å²) < 4.78 is 0. The van der Waals surface area contributed by atoms with Crippen LogP contribution in [0.3, 0.4) is 0 Å². The standard InChI is InChI=1S/C19H25N7O2/c27-18-2-1-7-26(18)12-14-5-8-25(9-6-14)19(28)15-3-4-16(20-10-15)21-11-17-22-13-23-24-17/h3-4,10,13-14H,1-2,5-9,11-12H2,(H,20,21)(H,22,23,24). The quantitative estimate of drug-likeness (QED) is 0.778. The first kappa shape index (κ1) is 18.4. The Morgan fingerprint density at radius 2 is 2.07 bits per heavy atom. The molecule has 0 radical (unpaired) electrons. The number of aromatic nitrogens is 4. The fraction of sp³-hybridized carbons (Fsp3) is 0.526. The number of carbonyl (C=O) groups excluding carboxylic acids is 2. The topological polar surface area (TPSA) is 107 Å². The van der Waals surface area contributed by atoms with Crippen molar-refractivity contribution in [3.8, 4) is 0 Å². The van der Waals surface area contributed by atoms with Crippen LogP contribution in [0.2, 0.25) is 0 Å². The minimum atomic E-state index is 0.0185. The Balaban J connectivity index is 1.26. The normalized spacial score (nSPS) is 17.9. The van der Waals surface area contributed by atoms with Gasteiger partial charge in [-0.3, -0.25) is 14.7 Å². The molecule has 0 aromatic carbocycles. The summed E-state index contributed by atoms with van der Waals surface area (Å²) in [5, 5.41) is 9.70. The van der Waals surface area contributed by atoms with E-state index in [4.69, 9.17) is 0 Å². The van der Waals surface area contributed by atoms with Crippen molar-refractivity contribution >= 4 is 17.6 Å². The van der Waals surface area contributed by atoms with E-state index in [9.17, 15) is 9.59 Å². The molecule has 0 bridgehead atoms. The second-order valence-corrected chi connectivity index (χ2v) is 7.40. The molecule has 2 N–H and O–H groups in total. The monoisotopic (exact) mass is 383 g/mol. The fourth-order valence-corrected chi connectivity index (χ4v) is 3.83. The second-order valence-electron chi connectivity index (χ2n) is 7.40. The van der Waals surface area contributed by atoms with Crippen molar-refractivity contribution in [1.29, 1.82) is 0 Å². The molecule has 0 unspecified atom stereocenters. The van der Waals surface area contributed by atoms with Crippen LogP contribution in [0, 0.1) is 5.92 Å². The van der Waals surface area contributed by atoms with E-state index in [-0.39, 0.29) is 11.8 Å². The summed E-state index contributed by atoms with van der Waals surface area (Å²) in [6.07, 6.45) is 6.62. The third-order valence-electron chi connectivity index (χ3n) is 5.46. The molecular formula is C19H25N7O2. The lowest BCUT2D eigenvalue weighted by Gasteiger charge is -2.34. The van der Waals surface area contributed by atoms with E-state index in [1.165, 1.54) is 6.33 Å². The SMILES string of the molecule is O=C1CCCN1CC1CCN(C(=O)c2ccc(NCc3ncn[nH]3)nc2)CC1. The second kappa shape index (κ2) is 8.37. The van der Waals surface area contributed by atoms with Gasteiger partial charge in [0.2, 0.25) is 5.91 Å². The first-order valence-electron chi connectivity index (χ1n) is 9.80. The maximum absolute atomic E-state index is 12.7. The summed E-state index contributed by atoms with van der Waals surface area (Å²) in [4.78, 5) is 36.8. The fourth-order valence-electron chi connectivity index (χ4n) is 3.83. The van der Waals surface area contributed by atoms with E-state index in [1.807, 2.05) is 9.80 Å². The van der Waals surface area contributed by atoms with Crippen LogP contribution in [0.5, 0.6) is 0 Å². The Hall–Kier alpha value is -2.97. The number of anilines is 1. The van der Waals surface area contributed by atoms with Gasteiger partial charge in [-0.25, -0.2) is 9.97 Å². The molecule has 2 saturated heterocycles. The van der Waals surface area contributed by atoms with Gasteiger partial charge in [-0.05, 0) is 37.3 Å². The van der Waals surface area contributed by atoms with Gasteiger partial charge in [0, 0.05) is 38.8 Å². The maximum atomic E-state index is 12.7. The summed E-state index contributed by atoms with van der Waals surface area (Å²) in [5.74, 6) is 2.20. The van der Waals surface area contributed by atoms with Crippen molar-refractivity contribution in [2.24, 2.45) is 5.92 Å². The van der Waals surface area contributed by atoms with Gasteiger partial charge in [-0.1, -0.05) is 0 Å². The van der Waals surface area contributed by atoms with Gasteiger partial charge >= 0.3 is 0 Å². The van der Waals surface area contributed by atoms with Gasteiger partial charge in [0.1, 0.15) is 18.0 Å². The highest BCUT2D eigenvalue weighted by molar-refractivity contribution is 5.94. The summed E-state index contributed by atoms with van der Waals surface area (Å²) >= 11 is 0. The molecule has 148 valence electrons. The van der Waals surface area contributed by atoms with Crippen LogP contribution < -0.4 is 5.32 Å². The number of carbonyl (C=O) groups is 2. The number of nitrogens with one attached hydrogen (secondary N) is 2. The number of pyridine rings is 1. The third-order valence-corrected chi connectivity index (χ3v) is 5.46. The van der Waals surface area contributed by atoms with Crippen molar-refractivity contribution in [2.45, 2.75) is 32.2 Å². The van der Waals surface area contributed by atoms with E-state index in [2.05, 4.69) is 25.5 Å². The summed E-state index contributed by atoms with van der Waals surface area (Å²) in [5.41, 5.74) is 0.596. The number of amides is 2. The van der Waals surface area contributed by atoms with Gasteiger partial charge < -0.3 is 15.1 Å². The summed E-state index contributed by atoms with van der Waals surface area (Å²) in [6, 6.07) is 3.60. The molecule has 0 aliphatic carbocycles. The average Bonchev–Trinajstić information content (AvgIpc) is 3.39. The average molecular weight is 383 g/mol. The van der Waals surface area contributed by atoms with Crippen LogP contribution in [0.25, 0.3) is 0 Å². The van der Waals surface area contributed by atoms with Gasteiger partial charge in [-0.2, -0.15) is 5.10 Å². The van der Waals surface area contributed by atoms with Crippen LogP contribution in [0.4, 0.5) is 5.82 Å². The first-order valence-corrected chi connectivity index (χ1v) is 9.80. The van der Waals surface area contributed by atoms with E-state index >= 15 is 0 Å². The van der Waals surface area contributed by atoms with Crippen LogP contribution in [-0.2, 0) is 11.3 Å². The lowest BCUT2D eigenvalue weighted by atomic mass is 9.96. The Labute approximate surface area is 163 Å². The Bertz CT molecular complexity index is 798. The van der Waals surface area contributed by atoms with E-state index in [0.717, 1.165) is 51.3 Å². The molecule has 2 aromatic heterocycles. The Morgan fingerprint density at radius 3 is 2.71 bits per heavy atom. The smallest absolute Gasteiger partial charge is 0.255 e. The predicted octanol–water partition coefficient (Wildman–Crippen LogP) is 1.29. The number of rotatable bonds is 6. The minimum absolute atomic E-state index is 0.0185. The van der Waals surface area contributed by atoms with Crippen LogP contribution in [-0.4, -0.2) is 68.0 Å². The number of nitrogens with zero attached hydrogens (tertiary/aromatic N) is 5. The van der Waals surface area contributed by atoms with E-state index < -0.39 is 0 Å². The van der Waals surface area contributed by atoms with Crippen molar-refractivity contribution in [1.82, 2.24) is 30.0 Å². The molecule has 0 spiro atoms. The molecule has 28 heavy (non-hydrogen) atoms. The molecule has 2 aliphatic heterocycles. The number of hydrogen-bond donors (Lipinski definition) is 2. The molecule has 2 aromatic rings. The van der Waals surface area contributed by atoms with Gasteiger partial charge in [0.15, 0.2) is 0 Å². The molecule has 2 amide bonds. The van der Waals surface area contributed by atoms with Crippen molar-refractivity contribution < 1.29 is 9.59 Å². The number of likely N-dealkylation sites (tertiary alicyclic amines) is 2. The molecule has 4 rings (SSSR count). The van der Waals surface area contributed by atoms with E-state index in [0.29, 0.717) is 30.3 Å². The Morgan fingerprint density at radius 1 is 1.21 bits per heavy atom. The minimum Gasteiger partial charge on any atom is -0.363 e. The van der Waals surface area contributed by atoms with Crippen molar-refractivity contribution in [3.05, 3.63) is 36.0 Å². The van der Waals surface area contributed by atoms with Crippen LogP contribution >= 0.6 is 0 Å². The third kappa shape index (κ3) is 4.29. The zero-order valence-electron chi connectivity index (χ0n) is 15.8. The first-order chi connectivity index (χ1) is 13.7. The lowest BCUT2D eigenvalue weighted by molar-refractivity contribution is -0.128. The number of piperidine rings is 1. The lowest BCUT2D eigenvalue weighted by Crippen LogP contribution is -2.41. The van der Waals surface area contributed by atoms with Gasteiger partial charge in [-0.15, -0.1) is 0 Å². The number of H-pyrrole nitrogens is 1. The van der Waals surface area contributed by atoms with E-state index in [1.54, 1.807) is 18.3 Å². The largest absolute Gasteiger partial charge is 0.363 e. The zero-order chi connectivity index (χ0) is 19.3. The highest BCUT2D eigenvalue weighted by Crippen LogP contribution is 2.22. The molecular weight excluding hydrogens is 358 g/mol. The summed E-state index contributed by atoms with van der Waals surface area (Å²) in [6.45, 7) is 3.69. The Kier molecular flexibility index (Phi) is 5.50. The highest BCUT2D eigenvalue weighted by Gasteiger charge is 2.28. The van der Waals surface area contributed by atoms with Crippen molar-refractivity contribution in [2.75, 3.05) is 31.5 Å². The zero-order valence-corrected chi connectivity index (χ0v) is 15.8. The van der Waals surface area contributed by atoms with Gasteiger partial charge in [0.05, 0.1) is 12.1 Å². The molecule has 2 aliphatic rings. The van der Waals surface area contributed by atoms with Crippen LogP contribution in [0.15, 0.2) is 24.7 Å². The highest BCUT2D eigenvalue weighted by atomic mass is 16.2. The van der Waals surface area contributed by atoms with Crippen molar-refractivity contribution in [3.63, 3.8) is 0 Å². The number of hydrogen-bond acceptors (Lipinski definition) is 6. The molecule has 4 heterocycles. The predicted molar refractivity (Wildman–Crippen MR) is 102 cm³/mol.